The number of hydrogen-bond donors (Lipinski definition) is 1. The fourth-order valence-electron chi connectivity index (χ4n) is 2.07. The van der Waals surface area contributed by atoms with Crippen LogP contribution in [-0.4, -0.2) is 20.9 Å². The Morgan fingerprint density at radius 3 is 2.81 bits per heavy atom. The molecule has 4 nitrogen and oxygen atoms in total. The van der Waals surface area contributed by atoms with Crippen LogP contribution in [0.1, 0.15) is 15.9 Å². The van der Waals surface area contributed by atoms with Crippen molar-refractivity contribution in [1.82, 2.24) is 9.78 Å². The molecule has 2 aromatic heterocycles. The predicted octanol–water partition coefficient (Wildman–Crippen LogP) is 4.01. The monoisotopic (exact) mass is 318 g/mol. The highest BCUT2D eigenvalue weighted by molar-refractivity contribution is 7.08. The molecular formula is C15H11ClN2O2S. The minimum Gasteiger partial charge on any atom is -0.478 e. The van der Waals surface area contributed by atoms with Crippen LogP contribution in [-0.2, 0) is 6.54 Å². The first-order chi connectivity index (χ1) is 10.1. The molecule has 0 bridgehead atoms. The van der Waals surface area contributed by atoms with Gasteiger partial charge in [-0.25, -0.2) is 4.79 Å². The second-order valence-electron chi connectivity index (χ2n) is 4.50. The lowest BCUT2D eigenvalue weighted by Gasteiger charge is -2.03. The zero-order valence-corrected chi connectivity index (χ0v) is 12.4. The smallest absolute Gasteiger partial charge is 0.339 e. The van der Waals surface area contributed by atoms with E-state index in [1.165, 1.54) is 11.3 Å². The second-order valence-corrected chi connectivity index (χ2v) is 5.68. The number of nitrogens with zero attached hydrogens (tertiary/aromatic N) is 2. The molecule has 0 saturated carbocycles. The molecule has 0 atom stereocenters. The van der Waals surface area contributed by atoms with Crippen LogP contribution in [0.2, 0.25) is 5.02 Å². The van der Waals surface area contributed by atoms with E-state index in [-0.39, 0.29) is 5.56 Å². The van der Waals surface area contributed by atoms with Crippen LogP contribution in [0.4, 0.5) is 0 Å². The van der Waals surface area contributed by atoms with E-state index < -0.39 is 5.97 Å². The topological polar surface area (TPSA) is 55.1 Å². The lowest BCUT2D eigenvalue weighted by Crippen LogP contribution is -2.01. The molecule has 0 fully saturated rings. The molecule has 0 radical (unpaired) electrons. The maximum atomic E-state index is 11.4. The first-order valence-electron chi connectivity index (χ1n) is 6.22. The van der Waals surface area contributed by atoms with Gasteiger partial charge in [-0.05, 0) is 23.1 Å². The summed E-state index contributed by atoms with van der Waals surface area (Å²) in [5.74, 6) is -0.985. The largest absolute Gasteiger partial charge is 0.478 e. The number of carboxylic acids is 1. The van der Waals surface area contributed by atoms with Crippen molar-refractivity contribution in [2.24, 2.45) is 0 Å². The zero-order valence-electron chi connectivity index (χ0n) is 10.9. The number of thiophene rings is 1. The Hall–Kier alpha value is -2.11. The van der Waals surface area contributed by atoms with E-state index in [1.54, 1.807) is 16.9 Å². The van der Waals surface area contributed by atoms with Crippen molar-refractivity contribution in [1.29, 1.82) is 0 Å². The summed E-state index contributed by atoms with van der Waals surface area (Å²) in [5, 5.41) is 18.1. The number of carbonyl (C=O) groups is 1. The maximum Gasteiger partial charge on any atom is 0.339 e. The highest BCUT2D eigenvalue weighted by Crippen LogP contribution is 2.25. The first-order valence-corrected chi connectivity index (χ1v) is 7.54. The van der Waals surface area contributed by atoms with E-state index in [9.17, 15) is 9.90 Å². The summed E-state index contributed by atoms with van der Waals surface area (Å²) < 4.78 is 1.61. The fourth-order valence-corrected chi connectivity index (χ4v) is 2.91. The van der Waals surface area contributed by atoms with Crippen molar-refractivity contribution >= 4 is 28.9 Å². The van der Waals surface area contributed by atoms with Crippen LogP contribution < -0.4 is 0 Å². The molecule has 0 unspecified atom stereocenters. The van der Waals surface area contributed by atoms with Crippen molar-refractivity contribution in [3.05, 3.63) is 63.4 Å². The average Bonchev–Trinajstić information content (AvgIpc) is 3.10. The Labute approximate surface area is 130 Å². The highest BCUT2D eigenvalue weighted by atomic mass is 35.5. The summed E-state index contributed by atoms with van der Waals surface area (Å²) >= 11 is 7.63. The number of aromatic carboxylic acids is 1. The van der Waals surface area contributed by atoms with Crippen LogP contribution in [0.5, 0.6) is 0 Å². The summed E-state index contributed by atoms with van der Waals surface area (Å²) in [6.07, 6.45) is 1.54. The van der Waals surface area contributed by atoms with Gasteiger partial charge in [0.15, 0.2) is 0 Å². The standard InChI is InChI=1S/C15H11ClN2O2S/c16-13-4-2-1-3-10(13)7-18-8-12(15(19)20)14(17-18)11-5-6-21-9-11/h1-6,8-9H,7H2,(H,19,20). The third-order valence-electron chi connectivity index (χ3n) is 3.08. The third-order valence-corrected chi connectivity index (χ3v) is 4.13. The summed E-state index contributed by atoms with van der Waals surface area (Å²) in [5.41, 5.74) is 2.39. The number of benzene rings is 1. The van der Waals surface area contributed by atoms with E-state index >= 15 is 0 Å². The van der Waals surface area contributed by atoms with Gasteiger partial charge in [-0.3, -0.25) is 4.68 Å². The Balaban J connectivity index is 2.00. The van der Waals surface area contributed by atoms with E-state index in [0.717, 1.165) is 11.1 Å². The molecular weight excluding hydrogens is 308 g/mol. The fraction of sp³-hybridized carbons (Fsp3) is 0.0667. The van der Waals surface area contributed by atoms with Gasteiger partial charge in [-0.15, -0.1) is 0 Å². The van der Waals surface area contributed by atoms with E-state index in [1.807, 2.05) is 35.0 Å². The van der Waals surface area contributed by atoms with Gasteiger partial charge in [0.25, 0.3) is 0 Å². The summed E-state index contributed by atoms with van der Waals surface area (Å²) in [6.45, 7) is 0.435. The van der Waals surface area contributed by atoms with Crippen LogP contribution in [0.15, 0.2) is 47.3 Å². The van der Waals surface area contributed by atoms with Crippen LogP contribution in [0, 0.1) is 0 Å². The molecule has 0 saturated heterocycles. The Morgan fingerprint density at radius 2 is 2.14 bits per heavy atom. The van der Waals surface area contributed by atoms with Crippen molar-refractivity contribution in [2.75, 3.05) is 0 Å². The Morgan fingerprint density at radius 1 is 1.33 bits per heavy atom. The number of aromatic nitrogens is 2. The molecule has 3 rings (SSSR count). The molecule has 3 aromatic rings. The maximum absolute atomic E-state index is 11.4. The highest BCUT2D eigenvalue weighted by Gasteiger charge is 2.17. The van der Waals surface area contributed by atoms with Crippen molar-refractivity contribution in [3.63, 3.8) is 0 Å². The number of carboxylic acid groups (broad SMARTS) is 1. The van der Waals surface area contributed by atoms with E-state index in [2.05, 4.69) is 5.10 Å². The summed E-state index contributed by atoms with van der Waals surface area (Å²) in [4.78, 5) is 11.4. The van der Waals surface area contributed by atoms with Gasteiger partial charge in [0.1, 0.15) is 11.3 Å². The van der Waals surface area contributed by atoms with Crippen LogP contribution >= 0.6 is 22.9 Å². The van der Waals surface area contributed by atoms with Gasteiger partial charge in [-0.2, -0.15) is 16.4 Å². The third kappa shape index (κ3) is 2.84. The normalized spacial score (nSPS) is 10.7. The van der Waals surface area contributed by atoms with Crippen molar-refractivity contribution in [2.45, 2.75) is 6.54 Å². The van der Waals surface area contributed by atoms with Crippen LogP contribution in [0.3, 0.4) is 0 Å². The number of halogens is 1. The molecule has 2 heterocycles. The van der Waals surface area contributed by atoms with Gasteiger partial charge in [-0.1, -0.05) is 29.8 Å². The molecule has 21 heavy (non-hydrogen) atoms. The second kappa shape index (κ2) is 5.71. The quantitative estimate of drug-likeness (QED) is 0.790. The number of hydrogen-bond acceptors (Lipinski definition) is 3. The van der Waals surface area contributed by atoms with Crippen molar-refractivity contribution < 1.29 is 9.90 Å². The molecule has 1 N–H and O–H groups in total. The Bertz CT molecular complexity index is 781. The van der Waals surface area contributed by atoms with Gasteiger partial charge < -0.3 is 5.11 Å². The summed E-state index contributed by atoms with van der Waals surface area (Å²) in [6, 6.07) is 9.31. The molecule has 0 aliphatic carbocycles. The molecule has 6 heteroatoms. The lowest BCUT2D eigenvalue weighted by molar-refractivity contribution is 0.0697. The minimum absolute atomic E-state index is 0.195. The molecule has 0 amide bonds. The Kier molecular flexibility index (Phi) is 3.77. The molecule has 0 aliphatic heterocycles. The van der Waals surface area contributed by atoms with E-state index in [0.29, 0.717) is 17.3 Å². The zero-order chi connectivity index (χ0) is 14.8. The van der Waals surface area contributed by atoms with Gasteiger partial charge in [0.05, 0.1) is 6.54 Å². The molecule has 106 valence electrons. The van der Waals surface area contributed by atoms with E-state index in [4.69, 9.17) is 11.6 Å². The molecule has 0 aliphatic rings. The summed E-state index contributed by atoms with van der Waals surface area (Å²) in [7, 11) is 0. The molecule has 1 aromatic carbocycles. The minimum atomic E-state index is -0.985. The van der Waals surface area contributed by atoms with Gasteiger partial charge in [0, 0.05) is 22.2 Å². The lowest BCUT2D eigenvalue weighted by atomic mass is 10.1. The number of rotatable bonds is 4. The van der Waals surface area contributed by atoms with Crippen molar-refractivity contribution in [3.8, 4) is 11.3 Å². The predicted molar refractivity (Wildman–Crippen MR) is 83.1 cm³/mol. The van der Waals surface area contributed by atoms with Gasteiger partial charge in [0.2, 0.25) is 0 Å². The van der Waals surface area contributed by atoms with Gasteiger partial charge >= 0.3 is 5.97 Å². The molecule has 0 spiro atoms. The van der Waals surface area contributed by atoms with Crippen LogP contribution in [0.25, 0.3) is 11.3 Å². The average molecular weight is 319 g/mol. The SMILES string of the molecule is O=C(O)c1cn(Cc2ccccc2Cl)nc1-c1ccsc1. The first kappa shape index (κ1) is 13.9.